The van der Waals surface area contributed by atoms with Gasteiger partial charge in [0, 0.05) is 11.8 Å². The third-order valence-electron chi connectivity index (χ3n) is 5.64. The number of hydrogen-bond donors (Lipinski definition) is 1. The molecule has 1 atom stereocenters. The van der Waals surface area contributed by atoms with E-state index in [0.717, 1.165) is 44.3 Å². The van der Waals surface area contributed by atoms with Gasteiger partial charge in [0.1, 0.15) is 0 Å². The lowest BCUT2D eigenvalue weighted by atomic mass is 9.85. The number of pyridine rings is 1. The zero-order valence-electron chi connectivity index (χ0n) is 16.5. The molecule has 0 spiro atoms. The molecule has 1 aromatic heterocycles. The number of nitrogens with two attached hydrogens (primary N) is 1. The number of fused-ring (bicyclic) bond motifs is 1. The first-order valence-corrected chi connectivity index (χ1v) is 10.1. The highest BCUT2D eigenvalue weighted by molar-refractivity contribution is 5.64. The summed E-state index contributed by atoms with van der Waals surface area (Å²) in [7, 11) is 0. The van der Waals surface area contributed by atoms with Gasteiger partial charge in [-0.05, 0) is 103 Å². The summed E-state index contributed by atoms with van der Waals surface area (Å²) >= 11 is 0. The second-order valence-electron chi connectivity index (χ2n) is 7.61. The quantitative estimate of drug-likeness (QED) is 0.761. The fourth-order valence-electron chi connectivity index (χ4n) is 4.06. The smallest absolute Gasteiger partial charge is 0.0708 e. The maximum absolute atomic E-state index is 5.72. The molecule has 2 heteroatoms. The van der Waals surface area contributed by atoms with Gasteiger partial charge in [0.25, 0.3) is 0 Å². The maximum Gasteiger partial charge on any atom is 0.0708 e. The van der Waals surface area contributed by atoms with Crippen molar-refractivity contribution in [3.05, 3.63) is 51.5 Å². The molecule has 26 heavy (non-hydrogen) atoms. The molecule has 1 unspecified atom stereocenters. The van der Waals surface area contributed by atoms with Gasteiger partial charge in [-0.2, -0.15) is 0 Å². The second kappa shape index (κ2) is 8.64. The lowest BCUT2D eigenvalue weighted by Crippen LogP contribution is -2.27. The zero-order chi connectivity index (χ0) is 18.5. The van der Waals surface area contributed by atoms with Crippen molar-refractivity contribution in [2.75, 3.05) is 6.54 Å². The van der Waals surface area contributed by atoms with E-state index >= 15 is 0 Å². The Labute approximate surface area is 157 Å². The predicted molar refractivity (Wildman–Crippen MR) is 113 cm³/mol. The minimum absolute atomic E-state index is 0.594. The molecule has 0 aliphatic heterocycles. The van der Waals surface area contributed by atoms with Crippen LogP contribution in [0.4, 0.5) is 0 Å². The number of nitrogens with zero attached hydrogens (tertiary/aromatic N) is 1. The Bertz CT molecular complexity index is 880. The van der Waals surface area contributed by atoms with E-state index in [0.29, 0.717) is 5.92 Å². The van der Waals surface area contributed by atoms with Crippen LogP contribution in [0, 0.1) is 6.92 Å². The predicted octanol–water partition coefficient (Wildman–Crippen LogP) is 4.21. The summed E-state index contributed by atoms with van der Waals surface area (Å²) in [5, 5.41) is 2.60. The van der Waals surface area contributed by atoms with Crippen LogP contribution < -0.4 is 16.2 Å². The molecule has 1 aliphatic carbocycles. The van der Waals surface area contributed by atoms with Gasteiger partial charge in [0.05, 0.1) is 5.69 Å². The van der Waals surface area contributed by atoms with Crippen LogP contribution >= 0.6 is 0 Å². The van der Waals surface area contributed by atoms with Crippen molar-refractivity contribution in [1.29, 1.82) is 0 Å². The summed E-state index contributed by atoms with van der Waals surface area (Å²) in [5.74, 6) is 0.594. The van der Waals surface area contributed by atoms with Crippen LogP contribution in [0.1, 0.15) is 68.6 Å². The molecule has 0 radical (unpaired) electrons. The monoisotopic (exact) mass is 348 g/mol. The molecule has 0 amide bonds. The Morgan fingerprint density at radius 1 is 1.08 bits per heavy atom. The number of unbranched alkanes of at least 4 members (excludes halogenated alkanes) is 1. The second-order valence-corrected chi connectivity index (χ2v) is 7.61. The Kier molecular flexibility index (Phi) is 6.26. The van der Waals surface area contributed by atoms with Crippen molar-refractivity contribution >= 4 is 12.2 Å². The minimum atomic E-state index is 0.594. The normalized spacial score (nSPS) is 14.3. The van der Waals surface area contributed by atoms with Gasteiger partial charge in [-0.1, -0.05) is 26.0 Å². The Balaban J connectivity index is 2.05. The van der Waals surface area contributed by atoms with Crippen LogP contribution in [0.15, 0.2) is 24.4 Å². The van der Waals surface area contributed by atoms with E-state index in [-0.39, 0.29) is 0 Å². The Morgan fingerprint density at radius 2 is 1.85 bits per heavy atom. The molecule has 0 saturated heterocycles. The first-order chi connectivity index (χ1) is 12.6. The SMILES string of the molecule is CCC(C)c1c(C)cc(-c2cc3c(cn2)=CCCC=3)cc1CCCCN. The van der Waals surface area contributed by atoms with Gasteiger partial charge >= 0.3 is 0 Å². The van der Waals surface area contributed by atoms with Crippen molar-refractivity contribution < 1.29 is 0 Å². The van der Waals surface area contributed by atoms with Gasteiger partial charge in [-0.15, -0.1) is 0 Å². The van der Waals surface area contributed by atoms with Crippen molar-refractivity contribution in [3.63, 3.8) is 0 Å². The lowest BCUT2D eigenvalue weighted by molar-refractivity contribution is 0.694. The van der Waals surface area contributed by atoms with Gasteiger partial charge in [0.2, 0.25) is 0 Å². The Morgan fingerprint density at radius 3 is 2.58 bits per heavy atom. The average Bonchev–Trinajstić information content (AvgIpc) is 2.67. The summed E-state index contributed by atoms with van der Waals surface area (Å²) < 4.78 is 0. The molecular formula is C24H32N2. The molecule has 2 N–H and O–H groups in total. The molecule has 138 valence electrons. The van der Waals surface area contributed by atoms with Crippen LogP contribution in [0.3, 0.4) is 0 Å². The van der Waals surface area contributed by atoms with Crippen LogP contribution in [0.5, 0.6) is 0 Å². The molecule has 2 aromatic rings. The molecular weight excluding hydrogens is 316 g/mol. The fraction of sp³-hybridized carbons (Fsp3) is 0.458. The van der Waals surface area contributed by atoms with E-state index < -0.39 is 0 Å². The summed E-state index contributed by atoms with van der Waals surface area (Å²) in [4.78, 5) is 4.76. The summed E-state index contributed by atoms with van der Waals surface area (Å²) in [5.41, 5.74) is 12.5. The van der Waals surface area contributed by atoms with Crippen LogP contribution in [-0.4, -0.2) is 11.5 Å². The van der Waals surface area contributed by atoms with Crippen LogP contribution in [0.2, 0.25) is 0 Å². The third kappa shape index (κ3) is 4.07. The van der Waals surface area contributed by atoms with E-state index in [9.17, 15) is 0 Å². The highest BCUT2D eigenvalue weighted by Crippen LogP contribution is 2.31. The molecule has 1 heterocycles. The fourth-order valence-corrected chi connectivity index (χ4v) is 4.06. The van der Waals surface area contributed by atoms with E-state index in [2.05, 4.69) is 51.1 Å². The molecule has 0 saturated carbocycles. The first-order valence-electron chi connectivity index (χ1n) is 10.1. The highest BCUT2D eigenvalue weighted by atomic mass is 14.7. The van der Waals surface area contributed by atoms with Crippen LogP contribution in [0.25, 0.3) is 23.4 Å². The largest absolute Gasteiger partial charge is 0.330 e. The number of aryl methyl sites for hydroxylation is 2. The minimum Gasteiger partial charge on any atom is -0.330 e. The van der Waals surface area contributed by atoms with Gasteiger partial charge in [-0.3, -0.25) is 4.98 Å². The van der Waals surface area contributed by atoms with E-state index in [1.54, 1.807) is 0 Å². The number of rotatable bonds is 7. The van der Waals surface area contributed by atoms with Crippen molar-refractivity contribution in [1.82, 2.24) is 4.98 Å². The van der Waals surface area contributed by atoms with E-state index in [4.69, 9.17) is 10.7 Å². The number of hydrogen-bond acceptors (Lipinski definition) is 2. The zero-order valence-corrected chi connectivity index (χ0v) is 16.5. The molecule has 1 aliphatic rings. The van der Waals surface area contributed by atoms with Crippen LogP contribution in [-0.2, 0) is 6.42 Å². The van der Waals surface area contributed by atoms with E-state index in [1.807, 2.05) is 6.20 Å². The van der Waals surface area contributed by atoms with Gasteiger partial charge < -0.3 is 5.73 Å². The summed E-state index contributed by atoms with van der Waals surface area (Å²) in [6.07, 6.45) is 13.4. The third-order valence-corrected chi connectivity index (χ3v) is 5.64. The van der Waals surface area contributed by atoms with E-state index in [1.165, 1.54) is 39.1 Å². The Hall–Kier alpha value is -1.93. The highest BCUT2D eigenvalue weighted by Gasteiger charge is 2.15. The molecule has 2 nitrogen and oxygen atoms in total. The molecule has 0 bridgehead atoms. The lowest BCUT2D eigenvalue weighted by Gasteiger charge is -2.20. The molecule has 3 rings (SSSR count). The molecule has 0 fully saturated rings. The summed E-state index contributed by atoms with van der Waals surface area (Å²) in [6.45, 7) is 7.65. The van der Waals surface area contributed by atoms with Gasteiger partial charge in [0.15, 0.2) is 0 Å². The average molecular weight is 349 g/mol. The van der Waals surface area contributed by atoms with Crippen molar-refractivity contribution in [2.24, 2.45) is 5.73 Å². The molecule has 1 aromatic carbocycles. The number of aromatic nitrogens is 1. The van der Waals surface area contributed by atoms with Crippen molar-refractivity contribution in [3.8, 4) is 11.3 Å². The summed E-state index contributed by atoms with van der Waals surface area (Å²) in [6, 6.07) is 6.97. The topological polar surface area (TPSA) is 38.9 Å². The first kappa shape index (κ1) is 18.8. The van der Waals surface area contributed by atoms with Gasteiger partial charge in [-0.25, -0.2) is 0 Å². The van der Waals surface area contributed by atoms with Crippen molar-refractivity contribution in [2.45, 2.75) is 65.2 Å². The standard InChI is InChI=1S/C24H32N2/c1-4-17(2)24-18(3)13-22(14-20(24)10-7-8-12-25)23-15-19-9-5-6-11-21(19)16-26-23/h9,11,13-17H,4-8,10,12,25H2,1-3H3. The number of benzene rings is 1. The maximum atomic E-state index is 5.72.